The first-order valence-electron chi connectivity index (χ1n) is 7.40. The maximum Gasteiger partial charge on any atom is 0.233 e. The maximum absolute atomic E-state index is 6.02. The fourth-order valence-corrected chi connectivity index (χ4v) is 3.08. The SMILES string of the molecule is Clc1nc(Nc2ccc(I)cc2)nc(NC2CCCCC2)n1. The van der Waals surface area contributed by atoms with Crippen molar-refractivity contribution in [3.8, 4) is 0 Å². The average molecular weight is 430 g/mol. The van der Waals surface area contributed by atoms with E-state index >= 15 is 0 Å². The molecule has 22 heavy (non-hydrogen) atoms. The van der Waals surface area contributed by atoms with E-state index in [2.05, 4.69) is 48.2 Å². The van der Waals surface area contributed by atoms with E-state index in [1.165, 1.54) is 22.8 Å². The van der Waals surface area contributed by atoms with E-state index < -0.39 is 0 Å². The van der Waals surface area contributed by atoms with Crippen molar-refractivity contribution in [2.24, 2.45) is 0 Å². The van der Waals surface area contributed by atoms with Gasteiger partial charge >= 0.3 is 0 Å². The molecule has 0 aliphatic heterocycles. The predicted molar refractivity (Wildman–Crippen MR) is 97.8 cm³/mol. The van der Waals surface area contributed by atoms with Gasteiger partial charge in [-0.3, -0.25) is 0 Å². The standard InChI is InChI=1S/C15H17ClIN5/c16-13-20-14(18-11-4-2-1-3-5-11)22-15(21-13)19-12-8-6-10(17)7-9-12/h6-9,11H,1-5H2,(H2,18,19,20,21,22). The van der Waals surface area contributed by atoms with E-state index in [0.717, 1.165) is 18.5 Å². The Hall–Kier alpha value is -1.15. The topological polar surface area (TPSA) is 62.7 Å². The predicted octanol–water partition coefficient (Wildman–Crippen LogP) is 4.62. The van der Waals surface area contributed by atoms with E-state index in [1.807, 2.05) is 24.3 Å². The first-order valence-corrected chi connectivity index (χ1v) is 8.85. The molecule has 1 heterocycles. The van der Waals surface area contributed by atoms with Crippen molar-refractivity contribution in [1.82, 2.24) is 15.0 Å². The van der Waals surface area contributed by atoms with Crippen LogP contribution in [0.15, 0.2) is 24.3 Å². The van der Waals surface area contributed by atoms with Crippen molar-refractivity contribution in [2.45, 2.75) is 38.1 Å². The Morgan fingerprint density at radius 2 is 1.64 bits per heavy atom. The molecule has 0 unspecified atom stereocenters. The van der Waals surface area contributed by atoms with Gasteiger partial charge in [0.2, 0.25) is 17.2 Å². The van der Waals surface area contributed by atoms with Crippen molar-refractivity contribution in [3.05, 3.63) is 33.1 Å². The molecule has 0 radical (unpaired) electrons. The summed E-state index contributed by atoms with van der Waals surface area (Å²) in [4.78, 5) is 12.7. The molecule has 1 saturated carbocycles. The van der Waals surface area contributed by atoms with Crippen LogP contribution >= 0.6 is 34.2 Å². The van der Waals surface area contributed by atoms with Crippen LogP contribution < -0.4 is 10.6 Å². The second-order valence-corrected chi connectivity index (χ2v) is 6.95. The van der Waals surface area contributed by atoms with Crippen LogP contribution in [0.2, 0.25) is 5.28 Å². The quantitative estimate of drug-likeness (QED) is 0.695. The molecule has 2 N–H and O–H groups in total. The number of hydrogen-bond acceptors (Lipinski definition) is 5. The summed E-state index contributed by atoms with van der Waals surface area (Å²) < 4.78 is 1.18. The van der Waals surface area contributed by atoms with Gasteiger partial charge in [0.1, 0.15) is 0 Å². The van der Waals surface area contributed by atoms with Gasteiger partial charge in [-0.2, -0.15) is 15.0 Å². The molecule has 0 amide bonds. The Labute approximate surface area is 148 Å². The Bertz CT molecular complexity index is 628. The van der Waals surface area contributed by atoms with Gasteiger partial charge in [0.25, 0.3) is 0 Å². The number of halogens is 2. The number of hydrogen-bond donors (Lipinski definition) is 2. The molecule has 0 saturated heterocycles. The van der Waals surface area contributed by atoms with Crippen molar-refractivity contribution >= 4 is 51.8 Å². The zero-order chi connectivity index (χ0) is 15.4. The van der Waals surface area contributed by atoms with Crippen molar-refractivity contribution in [3.63, 3.8) is 0 Å². The first kappa shape index (κ1) is 15.7. The normalized spacial score (nSPS) is 15.5. The van der Waals surface area contributed by atoms with E-state index in [4.69, 9.17) is 11.6 Å². The molecule has 1 aromatic heterocycles. The molecular weight excluding hydrogens is 413 g/mol. The van der Waals surface area contributed by atoms with Crippen LogP contribution in [0.3, 0.4) is 0 Å². The van der Waals surface area contributed by atoms with Gasteiger partial charge in [0.15, 0.2) is 0 Å². The highest BCUT2D eigenvalue weighted by molar-refractivity contribution is 14.1. The third-order valence-electron chi connectivity index (χ3n) is 3.65. The lowest BCUT2D eigenvalue weighted by Gasteiger charge is -2.22. The lowest BCUT2D eigenvalue weighted by molar-refractivity contribution is 0.461. The lowest BCUT2D eigenvalue weighted by atomic mass is 9.96. The molecule has 116 valence electrons. The average Bonchev–Trinajstić information content (AvgIpc) is 2.50. The smallest absolute Gasteiger partial charge is 0.233 e. The van der Waals surface area contributed by atoms with Crippen LogP contribution in [0.25, 0.3) is 0 Å². The number of aromatic nitrogens is 3. The Morgan fingerprint density at radius 1 is 0.955 bits per heavy atom. The van der Waals surface area contributed by atoms with E-state index in [-0.39, 0.29) is 5.28 Å². The van der Waals surface area contributed by atoms with Gasteiger partial charge in [-0.05, 0) is 71.3 Å². The second-order valence-electron chi connectivity index (χ2n) is 5.36. The highest BCUT2D eigenvalue weighted by Crippen LogP contribution is 2.22. The third kappa shape index (κ3) is 4.42. The van der Waals surface area contributed by atoms with Crippen molar-refractivity contribution < 1.29 is 0 Å². The minimum absolute atomic E-state index is 0.196. The summed E-state index contributed by atoms with van der Waals surface area (Å²) in [7, 11) is 0. The summed E-state index contributed by atoms with van der Waals surface area (Å²) in [5.41, 5.74) is 0.922. The van der Waals surface area contributed by atoms with Crippen LogP contribution in [0, 0.1) is 3.57 Å². The Balaban J connectivity index is 1.72. The molecule has 1 aromatic carbocycles. The molecule has 3 rings (SSSR count). The summed E-state index contributed by atoms with van der Waals surface area (Å²) >= 11 is 8.28. The molecule has 1 aliphatic carbocycles. The summed E-state index contributed by atoms with van der Waals surface area (Å²) in [5.74, 6) is 0.999. The van der Waals surface area contributed by atoms with Crippen LogP contribution in [-0.4, -0.2) is 21.0 Å². The summed E-state index contributed by atoms with van der Waals surface area (Å²) in [5, 5.41) is 6.72. The highest BCUT2D eigenvalue weighted by Gasteiger charge is 2.15. The molecule has 1 fully saturated rings. The Morgan fingerprint density at radius 3 is 2.36 bits per heavy atom. The summed E-state index contributed by atoms with van der Waals surface area (Å²) in [6.45, 7) is 0. The van der Waals surface area contributed by atoms with Gasteiger partial charge in [-0.1, -0.05) is 19.3 Å². The van der Waals surface area contributed by atoms with Gasteiger partial charge in [-0.15, -0.1) is 0 Å². The fraction of sp³-hybridized carbons (Fsp3) is 0.400. The van der Waals surface area contributed by atoms with Crippen molar-refractivity contribution in [2.75, 3.05) is 10.6 Å². The van der Waals surface area contributed by atoms with E-state index in [9.17, 15) is 0 Å². The number of rotatable bonds is 4. The monoisotopic (exact) mass is 429 g/mol. The second kappa shape index (κ2) is 7.41. The number of benzene rings is 1. The van der Waals surface area contributed by atoms with Crippen LogP contribution in [0.5, 0.6) is 0 Å². The van der Waals surface area contributed by atoms with Gasteiger partial charge in [0.05, 0.1) is 0 Å². The van der Waals surface area contributed by atoms with Crippen LogP contribution in [0.1, 0.15) is 32.1 Å². The van der Waals surface area contributed by atoms with Gasteiger partial charge in [-0.25, -0.2) is 0 Å². The molecular formula is C15H17ClIN5. The minimum atomic E-state index is 0.196. The number of nitrogens with one attached hydrogen (secondary N) is 2. The third-order valence-corrected chi connectivity index (χ3v) is 4.54. The molecule has 0 spiro atoms. The number of anilines is 3. The first-order chi connectivity index (χ1) is 10.7. The molecule has 1 aliphatic rings. The Kier molecular flexibility index (Phi) is 5.30. The van der Waals surface area contributed by atoms with E-state index in [0.29, 0.717) is 17.9 Å². The zero-order valence-electron chi connectivity index (χ0n) is 12.0. The summed E-state index contributed by atoms with van der Waals surface area (Å²) in [6, 6.07) is 8.43. The molecule has 0 atom stereocenters. The highest BCUT2D eigenvalue weighted by atomic mass is 127. The zero-order valence-corrected chi connectivity index (χ0v) is 14.9. The van der Waals surface area contributed by atoms with Gasteiger partial charge in [0, 0.05) is 15.3 Å². The molecule has 0 bridgehead atoms. The van der Waals surface area contributed by atoms with E-state index in [1.54, 1.807) is 0 Å². The lowest BCUT2D eigenvalue weighted by Crippen LogP contribution is -2.23. The minimum Gasteiger partial charge on any atom is -0.351 e. The van der Waals surface area contributed by atoms with Gasteiger partial charge < -0.3 is 10.6 Å². The molecule has 5 nitrogen and oxygen atoms in total. The maximum atomic E-state index is 6.02. The largest absolute Gasteiger partial charge is 0.351 e. The fourth-order valence-electron chi connectivity index (χ4n) is 2.56. The van der Waals surface area contributed by atoms with Crippen LogP contribution in [-0.2, 0) is 0 Å². The number of nitrogens with zero attached hydrogens (tertiary/aromatic N) is 3. The van der Waals surface area contributed by atoms with Crippen LogP contribution in [0.4, 0.5) is 17.6 Å². The summed E-state index contributed by atoms with van der Waals surface area (Å²) in [6.07, 6.45) is 6.14. The van der Waals surface area contributed by atoms with Crippen molar-refractivity contribution in [1.29, 1.82) is 0 Å². The molecule has 2 aromatic rings. The molecule has 7 heteroatoms.